The smallest absolute Gasteiger partial charge is 0.161 e. The lowest BCUT2D eigenvalue weighted by atomic mass is 10.1. The summed E-state index contributed by atoms with van der Waals surface area (Å²) in [6.07, 6.45) is 0.832. The standard InChI is InChI=1S/C7H12O3S/c1-5(8)7(10)6(9)3-4-11-2/h3-4,6-7,9-10H,1-2H3/b4-3+/t6-,7+/m1/s1. The van der Waals surface area contributed by atoms with Crippen molar-refractivity contribution < 1.29 is 15.0 Å². The summed E-state index contributed by atoms with van der Waals surface area (Å²) >= 11 is 1.40. The first kappa shape index (κ1) is 10.7. The van der Waals surface area contributed by atoms with Crippen LogP contribution in [0.2, 0.25) is 0 Å². The Balaban J connectivity index is 3.91. The molecule has 64 valence electrons. The molecule has 0 aliphatic carbocycles. The van der Waals surface area contributed by atoms with Crippen LogP contribution in [-0.4, -0.2) is 34.5 Å². The zero-order valence-corrected chi connectivity index (χ0v) is 7.34. The molecule has 0 spiro atoms. The first-order valence-electron chi connectivity index (χ1n) is 3.15. The molecule has 0 radical (unpaired) electrons. The van der Waals surface area contributed by atoms with Crippen molar-refractivity contribution in [1.29, 1.82) is 0 Å². The fraction of sp³-hybridized carbons (Fsp3) is 0.571. The predicted octanol–water partition coefficient (Wildman–Crippen LogP) is 0.174. The van der Waals surface area contributed by atoms with Gasteiger partial charge in [-0.2, -0.15) is 0 Å². The van der Waals surface area contributed by atoms with Crippen molar-refractivity contribution >= 4 is 17.5 Å². The van der Waals surface area contributed by atoms with Gasteiger partial charge in [-0.3, -0.25) is 4.79 Å². The Kier molecular flexibility index (Phi) is 5.19. The minimum Gasteiger partial charge on any atom is -0.386 e. The summed E-state index contributed by atoms with van der Waals surface area (Å²) in [6, 6.07) is 0. The maximum atomic E-state index is 10.5. The van der Waals surface area contributed by atoms with Crippen molar-refractivity contribution in [2.75, 3.05) is 6.26 Å². The van der Waals surface area contributed by atoms with Crippen LogP contribution in [0.1, 0.15) is 6.92 Å². The molecule has 0 aromatic rings. The van der Waals surface area contributed by atoms with E-state index in [9.17, 15) is 4.79 Å². The van der Waals surface area contributed by atoms with Gasteiger partial charge in [0, 0.05) is 0 Å². The highest BCUT2D eigenvalue weighted by atomic mass is 32.2. The summed E-state index contributed by atoms with van der Waals surface area (Å²) in [5, 5.41) is 19.6. The maximum absolute atomic E-state index is 10.5. The fourth-order valence-corrected chi connectivity index (χ4v) is 0.823. The van der Waals surface area contributed by atoms with Crippen molar-refractivity contribution in [3.05, 3.63) is 11.5 Å². The van der Waals surface area contributed by atoms with Crippen LogP contribution in [0.25, 0.3) is 0 Å². The largest absolute Gasteiger partial charge is 0.386 e. The molecule has 0 fully saturated rings. The second-order valence-electron chi connectivity index (χ2n) is 2.11. The van der Waals surface area contributed by atoms with Crippen molar-refractivity contribution in [1.82, 2.24) is 0 Å². The molecule has 0 bridgehead atoms. The molecule has 2 atom stereocenters. The molecular weight excluding hydrogens is 164 g/mol. The number of hydrogen-bond acceptors (Lipinski definition) is 4. The molecular formula is C7H12O3S. The van der Waals surface area contributed by atoms with Crippen LogP contribution < -0.4 is 0 Å². The summed E-state index contributed by atoms with van der Waals surface area (Å²) in [4.78, 5) is 10.5. The number of rotatable bonds is 4. The Morgan fingerprint density at radius 2 is 2.09 bits per heavy atom. The third-order valence-electron chi connectivity index (χ3n) is 1.15. The summed E-state index contributed by atoms with van der Waals surface area (Å²) in [7, 11) is 0. The van der Waals surface area contributed by atoms with E-state index >= 15 is 0 Å². The third-order valence-corrected chi connectivity index (χ3v) is 1.58. The van der Waals surface area contributed by atoms with E-state index in [1.54, 1.807) is 5.41 Å². The Bertz CT molecular complexity index is 156. The first-order chi connectivity index (χ1) is 5.09. The van der Waals surface area contributed by atoms with Gasteiger partial charge in [-0.05, 0) is 24.7 Å². The van der Waals surface area contributed by atoms with Gasteiger partial charge in [0.05, 0.1) is 0 Å². The van der Waals surface area contributed by atoms with Gasteiger partial charge in [-0.1, -0.05) is 0 Å². The molecule has 0 aliphatic heterocycles. The molecule has 0 saturated heterocycles. The average Bonchev–Trinajstić information content (AvgIpc) is 1.98. The molecule has 0 aromatic heterocycles. The lowest BCUT2D eigenvalue weighted by Gasteiger charge is -2.09. The number of thioether (sulfide) groups is 1. The fourth-order valence-electron chi connectivity index (χ4n) is 0.505. The van der Waals surface area contributed by atoms with Crippen molar-refractivity contribution in [3.8, 4) is 0 Å². The zero-order valence-electron chi connectivity index (χ0n) is 6.52. The van der Waals surface area contributed by atoms with E-state index in [0.717, 1.165) is 0 Å². The van der Waals surface area contributed by atoms with E-state index in [1.165, 1.54) is 24.8 Å². The van der Waals surface area contributed by atoms with Gasteiger partial charge in [-0.15, -0.1) is 11.8 Å². The molecule has 0 saturated carbocycles. The van der Waals surface area contributed by atoms with Gasteiger partial charge in [0.1, 0.15) is 12.2 Å². The van der Waals surface area contributed by atoms with E-state index in [2.05, 4.69) is 0 Å². The number of carbonyl (C=O) groups is 1. The van der Waals surface area contributed by atoms with Crippen LogP contribution in [0.4, 0.5) is 0 Å². The molecule has 3 nitrogen and oxygen atoms in total. The zero-order chi connectivity index (χ0) is 8.85. The van der Waals surface area contributed by atoms with Crippen LogP contribution in [0, 0.1) is 0 Å². The molecule has 0 rings (SSSR count). The average molecular weight is 176 g/mol. The van der Waals surface area contributed by atoms with Gasteiger partial charge in [-0.25, -0.2) is 0 Å². The number of aliphatic hydroxyl groups is 2. The van der Waals surface area contributed by atoms with Crippen LogP contribution in [-0.2, 0) is 4.79 Å². The van der Waals surface area contributed by atoms with Gasteiger partial charge < -0.3 is 10.2 Å². The molecule has 0 aromatic carbocycles. The van der Waals surface area contributed by atoms with Crippen LogP contribution in [0.15, 0.2) is 11.5 Å². The van der Waals surface area contributed by atoms with Gasteiger partial charge in [0.25, 0.3) is 0 Å². The Labute approximate surface area is 70.1 Å². The van der Waals surface area contributed by atoms with E-state index < -0.39 is 18.0 Å². The van der Waals surface area contributed by atoms with E-state index in [1.807, 2.05) is 6.26 Å². The van der Waals surface area contributed by atoms with Crippen LogP contribution in [0.3, 0.4) is 0 Å². The van der Waals surface area contributed by atoms with Crippen LogP contribution >= 0.6 is 11.8 Å². The SMILES string of the molecule is CS/C=C/[C@@H](O)[C@@H](O)C(C)=O. The third kappa shape index (κ3) is 4.19. The van der Waals surface area contributed by atoms with E-state index in [4.69, 9.17) is 10.2 Å². The predicted molar refractivity (Wildman–Crippen MR) is 45.3 cm³/mol. The highest BCUT2D eigenvalue weighted by molar-refractivity contribution is 8.01. The maximum Gasteiger partial charge on any atom is 0.161 e. The summed E-state index contributed by atoms with van der Waals surface area (Å²) in [6.45, 7) is 1.24. The van der Waals surface area contributed by atoms with E-state index in [-0.39, 0.29) is 0 Å². The van der Waals surface area contributed by atoms with E-state index in [0.29, 0.717) is 0 Å². The summed E-state index contributed by atoms with van der Waals surface area (Å²) < 4.78 is 0. The number of ketones is 1. The van der Waals surface area contributed by atoms with Gasteiger partial charge >= 0.3 is 0 Å². The number of hydrogen-bond donors (Lipinski definition) is 2. The summed E-state index contributed by atoms with van der Waals surface area (Å²) in [5.74, 6) is -0.428. The Morgan fingerprint density at radius 3 is 2.45 bits per heavy atom. The Morgan fingerprint density at radius 1 is 1.55 bits per heavy atom. The number of Topliss-reactive ketones (excluding diaryl/α,β-unsaturated/α-hetero) is 1. The van der Waals surface area contributed by atoms with Gasteiger partial charge in [0.15, 0.2) is 5.78 Å². The highest BCUT2D eigenvalue weighted by Gasteiger charge is 2.17. The minimum atomic E-state index is -1.29. The quantitative estimate of drug-likeness (QED) is 0.641. The molecule has 4 heteroatoms. The monoisotopic (exact) mass is 176 g/mol. The van der Waals surface area contributed by atoms with Crippen molar-refractivity contribution in [3.63, 3.8) is 0 Å². The number of aliphatic hydroxyl groups excluding tert-OH is 2. The first-order valence-corrected chi connectivity index (χ1v) is 4.44. The molecule has 0 heterocycles. The lowest BCUT2D eigenvalue weighted by Crippen LogP contribution is -2.30. The second-order valence-corrected chi connectivity index (χ2v) is 2.85. The molecule has 0 aliphatic rings. The summed E-state index contributed by atoms with van der Waals surface area (Å²) in [5.41, 5.74) is 0. The molecule has 0 unspecified atom stereocenters. The van der Waals surface area contributed by atoms with Crippen molar-refractivity contribution in [2.24, 2.45) is 0 Å². The number of carbonyl (C=O) groups excluding carboxylic acids is 1. The molecule has 2 N–H and O–H groups in total. The highest BCUT2D eigenvalue weighted by Crippen LogP contribution is 2.01. The topological polar surface area (TPSA) is 57.5 Å². The van der Waals surface area contributed by atoms with Crippen LogP contribution in [0.5, 0.6) is 0 Å². The Hall–Kier alpha value is -0.320. The normalized spacial score (nSPS) is 16.7. The minimum absolute atomic E-state index is 0.428. The molecule has 11 heavy (non-hydrogen) atoms. The second kappa shape index (κ2) is 5.35. The lowest BCUT2D eigenvalue weighted by molar-refractivity contribution is -0.128. The van der Waals surface area contributed by atoms with Crippen molar-refractivity contribution in [2.45, 2.75) is 19.1 Å². The molecule has 0 amide bonds. The van der Waals surface area contributed by atoms with Gasteiger partial charge in [0.2, 0.25) is 0 Å².